The topological polar surface area (TPSA) is 25.8 Å². The summed E-state index contributed by atoms with van der Waals surface area (Å²) < 4.78 is 0. The fraction of sp³-hybridized carbons (Fsp3) is 0.0909. The van der Waals surface area contributed by atoms with E-state index in [9.17, 15) is 0 Å². The Bertz CT molecular complexity index is 420. The van der Waals surface area contributed by atoms with Crippen molar-refractivity contribution in [3.63, 3.8) is 0 Å². The van der Waals surface area contributed by atoms with E-state index in [4.69, 9.17) is 0 Å². The summed E-state index contributed by atoms with van der Waals surface area (Å²) in [5, 5.41) is 8.01. The summed E-state index contributed by atoms with van der Waals surface area (Å²) in [4.78, 5) is 0. The molecule has 62 valence electrons. The second kappa shape index (κ2) is 2.39. The number of hydrogen-bond acceptors (Lipinski definition) is 2. The Morgan fingerprint density at radius 2 is 1.92 bits per heavy atom. The van der Waals surface area contributed by atoms with Crippen LogP contribution in [0.25, 0.3) is 11.1 Å². The lowest BCUT2D eigenvalue weighted by atomic mass is 10.1. The average Bonchev–Trinajstić information content (AvgIpc) is 2.56. The summed E-state index contributed by atoms with van der Waals surface area (Å²) in [5.41, 5.74) is 5.01. The van der Waals surface area contributed by atoms with Gasteiger partial charge in [-0.1, -0.05) is 24.3 Å². The van der Waals surface area contributed by atoms with Crippen molar-refractivity contribution < 1.29 is 0 Å². The number of rotatable bonds is 0. The van der Waals surface area contributed by atoms with Gasteiger partial charge in [0.05, 0.1) is 11.9 Å². The van der Waals surface area contributed by atoms with E-state index in [0.29, 0.717) is 0 Å². The molecule has 0 saturated heterocycles. The van der Waals surface area contributed by atoms with Gasteiger partial charge in [-0.15, -0.1) is 0 Å². The highest BCUT2D eigenvalue weighted by atomic mass is 15.1. The highest BCUT2D eigenvalue weighted by Crippen LogP contribution is 2.33. The van der Waals surface area contributed by atoms with E-state index >= 15 is 0 Å². The fourth-order valence-corrected chi connectivity index (χ4v) is 1.85. The number of benzene rings is 1. The first kappa shape index (κ1) is 6.78. The van der Waals surface area contributed by atoms with Crippen molar-refractivity contribution in [2.75, 3.05) is 0 Å². The van der Waals surface area contributed by atoms with E-state index in [-0.39, 0.29) is 0 Å². The zero-order valence-corrected chi connectivity index (χ0v) is 7.07. The van der Waals surface area contributed by atoms with E-state index in [1.807, 2.05) is 6.07 Å². The number of hydrogen-bond donors (Lipinski definition) is 0. The van der Waals surface area contributed by atoms with Gasteiger partial charge in [-0.25, -0.2) is 0 Å². The Kier molecular flexibility index (Phi) is 1.25. The van der Waals surface area contributed by atoms with Crippen LogP contribution in [0.1, 0.15) is 11.3 Å². The minimum absolute atomic E-state index is 0.930. The molecule has 3 rings (SSSR count). The van der Waals surface area contributed by atoms with Crippen LogP contribution in [0.5, 0.6) is 0 Å². The van der Waals surface area contributed by atoms with E-state index < -0.39 is 0 Å². The Morgan fingerprint density at radius 3 is 2.92 bits per heavy atom. The van der Waals surface area contributed by atoms with Gasteiger partial charge in [-0.05, 0) is 17.2 Å². The molecule has 0 N–H and O–H groups in total. The Labute approximate surface area is 76.3 Å². The van der Waals surface area contributed by atoms with Crippen LogP contribution in [-0.4, -0.2) is 10.2 Å². The molecular formula is C11H8N2. The maximum atomic E-state index is 4.12. The molecule has 1 aliphatic rings. The number of fused-ring (bicyclic) bond motifs is 3. The molecule has 1 aromatic carbocycles. The zero-order valence-electron chi connectivity index (χ0n) is 7.07. The van der Waals surface area contributed by atoms with Gasteiger partial charge in [0.2, 0.25) is 0 Å². The molecule has 13 heavy (non-hydrogen) atoms. The molecule has 0 spiro atoms. The quantitative estimate of drug-likeness (QED) is 0.513. The van der Waals surface area contributed by atoms with E-state index in [1.54, 1.807) is 6.20 Å². The molecule has 0 amide bonds. The van der Waals surface area contributed by atoms with Gasteiger partial charge in [-0.2, -0.15) is 10.2 Å². The van der Waals surface area contributed by atoms with Crippen LogP contribution in [0.2, 0.25) is 0 Å². The van der Waals surface area contributed by atoms with Crippen molar-refractivity contribution in [3.8, 4) is 11.1 Å². The minimum atomic E-state index is 0.930. The highest BCUT2D eigenvalue weighted by Gasteiger charge is 2.18. The first-order valence-electron chi connectivity index (χ1n) is 4.34. The molecule has 0 atom stereocenters. The maximum absolute atomic E-state index is 4.12. The molecule has 0 radical (unpaired) electrons. The van der Waals surface area contributed by atoms with Crippen LogP contribution >= 0.6 is 0 Å². The van der Waals surface area contributed by atoms with Gasteiger partial charge in [0.15, 0.2) is 0 Å². The third-order valence-electron chi connectivity index (χ3n) is 2.46. The summed E-state index contributed by atoms with van der Waals surface area (Å²) in [7, 11) is 0. The van der Waals surface area contributed by atoms with Crippen molar-refractivity contribution in [1.29, 1.82) is 0 Å². The zero-order chi connectivity index (χ0) is 8.67. The predicted octanol–water partition coefficient (Wildman–Crippen LogP) is 2.05. The lowest BCUT2D eigenvalue weighted by Crippen LogP contribution is -1.87. The standard InChI is InChI=1S/C11H8N2/c1-2-4-9-8(3-1)7-11-10(9)5-6-12-13-11/h1-6H,7H2. The van der Waals surface area contributed by atoms with Gasteiger partial charge in [0, 0.05) is 12.0 Å². The van der Waals surface area contributed by atoms with Gasteiger partial charge < -0.3 is 0 Å². The van der Waals surface area contributed by atoms with Crippen LogP contribution in [0.3, 0.4) is 0 Å². The van der Waals surface area contributed by atoms with Crippen LogP contribution in [0.4, 0.5) is 0 Å². The average molecular weight is 168 g/mol. The van der Waals surface area contributed by atoms with Gasteiger partial charge in [0.1, 0.15) is 0 Å². The van der Waals surface area contributed by atoms with Crippen LogP contribution in [0, 0.1) is 0 Å². The molecule has 1 heterocycles. The molecule has 2 nitrogen and oxygen atoms in total. The molecule has 0 unspecified atom stereocenters. The normalized spacial score (nSPS) is 12.3. The Balaban J connectivity index is 2.32. The Hall–Kier alpha value is -1.70. The van der Waals surface area contributed by atoms with Gasteiger partial charge >= 0.3 is 0 Å². The van der Waals surface area contributed by atoms with Crippen molar-refractivity contribution in [3.05, 3.63) is 47.8 Å². The predicted molar refractivity (Wildman–Crippen MR) is 50.3 cm³/mol. The summed E-state index contributed by atoms with van der Waals surface area (Å²) in [6.07, 6.45) is 2.68. The van der Waals surface area contributed by atoms with Crippen LogP contribution < -0.4 is 0 Å². The second-order valence-electron chi connectivity index (χ2n) is 3.23. The SMILES string of the molecule is c1ccc2c(c1)Cc1nnccc1-2. The van der Waals surface area contributed by atoms with Gasteiger partial charge in [-0.3, -0.25) is 0 Å². The molecule has 0 fully saturated rings. The third kappa shape index (κ3) is 0.886. The first-order valence-corrected chi connectivity index (χ1v) is 4.34. The van der Waals surface area contributed by atoms with Crippen LogP contribution in [-0.2, 0) is 6.42 Å². The monoisotopic (exact) mass is 168 g/mol. The Morgan fingerprint density at radius 1 is 1.00 bits per heavy atom. The summed E-state index contributed by atoms with van der Waals surface area (Å²) in [6, 6.07) is 10.5. The van der Waals surface area contributed by atoms with E-state index in [1.165, 1.54) is 16.7 Å². The van der Waals surface area contributed by atoms with Gasteiger partial charge in [0.25, 0.3) is 0 Å². The molecule has 1 aromatic heterocycles. The first-order chi connectivity index (χ1) is 6.45. The molecule has 0 saturated carbocycles. The molecule has 1 aliphatic carbocycles. The number of aromatic nitrogens is 2. The summed E-state index contributed by atoms with van der Waals surface area (Å²) >= 11 is 0. The molecular weight excluding hydrogens is 160 g/mol. The maximum Gasteiger partial charge on any atom is 0.0753 e. The minimum Gasteiger partial charge on any atom is -0.159 e. The molecule has 2 heteroatoms. The molecule has 0 aliphatic heterocycles. The lowest BCUT2D eigenvalue weighted by molar-refractivity contribution is 0.959. The second-order valence-corrected chi connectivity index (χ2v) is 3.23. The fourth-order valence-electron chi connectivity index (χ4n) is 1.85. The summed E-state index contributed by atoms with van der Waals surface area (Å²) in [5.74, 6) is 0. The molecule has 0 bridgehead atoms. The largest absolute Gasteiger partial charge is 0.159 e. The summed E-state index contributed by atoms with van der Waals surface area (Å²) in [6.45, 7) is 0. The van der Waals surface area contributed by atoms with Crippen LogP contribution in [0.15, 0.2) is 36.5 Å². The van der Waals surface area contributed by atoms with Crippen molar-refractivity contribution in [1.82, 2.24) is 10.2 Å². The highest BCUT2D eigenvalue weighted by molar-refractivity contribution is 5.74. The molecule has 2 aromatic rings. The van der Waals surface area contributed by atoms with Crippen molar-refractivity contribution in [2.45, 2.75) is 6.42 Å². The third-order valence-corrected chi connectivity index (χ3v) is 2.46. The van der Waals surface area contributed by atoms with Crippen molar-refractivity contribution >= 4 is 0 Å². The van der Waals surface area contributed by atoms with Crippen molar-refractivity contribution in [2.24, 2.45) is 0 Å². The van der Waals surface area contributed by atoms with E-state index in [0.717, 1.165) is 12.1 Å². The lowest BCUT2D eigenvalue weighted by Gasteiger charge is -1.96. The number of nitrogens with zero attached hydrogens (tertiary/aromatic N) is 2. The van der Waals surface area contributed by atoms with E-state index in [2.05, 4.69) is 34.5 Å². The smallest absolute Gasteiger partial charge is 0.0753 e.